The second kappa shape index (κ2) is 31.0. The minimum atomic E-state index is -1.11. The number of imidazole rings is 4. The van der Waals surface area contributed by atoms with E-state index >= 15 is 0 Å². The molecule has 28 nitrogen and oxygen atoms in total. The zero-order valence-electron chi connectivity index (χ0n) is 69.8. The molecule has 0 saturated heterocycles. The summed E-state index contributed by atoms with van der Waals surface area (Å²) in [7, 11) is 0. The summed E-state index contributed by atoms with van der Waals surface area (Å²) in [5.74, 6) is 4.29. The van der Waals surface area contributed by atoms with Crippen LogP contribution in [0, 0.1) is 0 Å². The molecule has 16 heterocycles. The molecule has 8 aliphatic carbocycles. The number of hydrogen-bond acceptors (Lipinski definition) is 16. The number of nitrogens with one attached hydrogen (secondary N) is 4. The van der Waals surface area contributed by atoms with Crippen LogP contribution in [0.4, 0.5) is 17.6 Å². The van der Waals surface area contributed by atoms with E-state index in [1.165, 1.54) is 0 Å². The minimum Gasteiger partial charge on any atom is -0.310 e. The third-order valence-corrected chi connectivity index (χ3v) is 28.9. The number of halogens is 4. The van der Waals surface area contributed by atoms with Crippen LogP contribution < -0.4 is 22.2 Å². The molecule has 24 rings (SSSR count). The van der Waals surface area contributed by atoms with Gasteiger partial charge in [0.25, 0.3) is 22.2 Å². The van der Waals surface area contributed by atoms with Gasteiger partial charge in [-0.3, -0.25) is 19.2 Å². The van der Waals surface area contributed by atoms with E-state index < -0.39 is 22.7 Å². The smallest absolute Gasteiger partial charge is 0.262 e. The van der Waals surface area contributed by atoms with E-state index in [1.807, 2.05) is 134 Å². The van der Waals surface area contributed by atoms with Crippen molar-refractivity contribution in [2.75, 3.05) is 0 Å². The topological polar surface area (TPSA) is 323 Å². The van der Waals surface area contributed by atoms with E-state index in [0.29, 0.717) is 170 Å². The molecule has 8 aliphatic rings. The highest BCUT2D eigenvalue weighted by molar-refractivity contribution is 5.76. The van der Waals surface area contributed by atoms with Gasteiger partial charge in [-0.05, 0) is 230 Å². The highest BCUT2D eigenvalue weighted by Crippen LogP contribution is 2.53. The molecule has 32 heteroatoms. The molecular formula is C92H100F4N24O4. The van der Waals surface area contributed by atoms with Gasteiger partial charge in [-0.25, -0.2) is 76.2 Å². The maximum atomic E-state index is 14.3. The van der Waals surface area contributed by atoms with Gasteiger partial charge in [0, 0.05) is 96.9 Å². The summed E-state index contributed by atoms with van der Waals surface area (Å²) in [5.41, 5.74) is 5.26. The van der Waals surface area contributed by atoms with Crippen molar-refractivity contribution in [2.45, 2.75) is 276 Å². The maximum Gasteiger partial charge on any atom is 0.262 e. The van der Waals surface area contributed by atoms with Crippen LogP contribution in [0.2, 0.25) is 0 Å². The first-order valence-electron chi connectivity index (χ1n) is 44.3. The normalized spacial score (nSPS) is 28.8. The lowest BCUT2D eigenvalue weighted by Gasteiger charge is -2.34. The molecule has 2 unspecified atom stereocenters. The first kappa shape index (κ1) is 79.1. The number of pyridine rings is 4. The van der Waals surface area contributed by atoms with Crippen molar-refractivity contribution in [1.29, 1.82) is 0 Å². The Bertz CT molecular complexity index is 5990. The Labute approximate surface area is 707 Å². The summed E-state index contributed by atoms with van der Waals surface area (Å²) in [6, 6.07) is 24.2. The highest BCUT2D eigenvalue weighted by Gasteiger charge is 2.44. The quantitative estimate of drug-likeness (QED) is 0.0826. The summed E-state index contributed by atoms with van der Waals surface area (Å²) in [6.45, 7) is 6.67. The predicted molar refractivity (Wildman–Crippen MR) is 460 cm³/mol. The maximum absolute atomic E-state index is 14.3. The third kappa shape index (κ3) is 14.9. The lowest BCUT2D eigenvalue weighted by Crippen LogP contribution is -2.29. The van der Waals surface area contributed by atoms with Crippen LogP contribution in [0.1, 0.15) is 299 Å². The molecule has 640 valence electrons. The van der Waals surface area contributed by atoms with Gasteiger partial charge in [0.05, 0.1) is 71.7 Å². The highest BCUT2D eigenvalue weighted by atomic mass is 19.2. The van der Waals surface area contributed by atoms with Gasteiger partial charge >= 0.3 is 0 Å². The number of nitrogens with zero attached hydrogens (tertiary/aromatic N) is 20. The number of aromatic amines is 4. The minimum absolute atomic E-state index is 0.0825. The molecule has 8 saturated carbocycles. The van der Waals surface area contributed by atoms with Crippen molar-refractivity contribution < 1.29 is 17.6 Å². The molecule has 16 aromatic heterocycles. The van der Waals surface area contributed by atoms with Gasteiger partial charge in [-0.2, -0.15) is 20.4 Å². The number of fused-ring (bicyclic) bond motifs is 8. The fraction of sp³-hybridized carbons (Fsp3) is 0.478. The molecule has 16 aromatic rings. The van der Waals surface area contributed by atoms with Crippen LogP contribution in [0.15, 0.2) is 166 Å². The Morgan fingerprint density at radius 1 is 0.282 bits per heavy atom. The van der Waals surface area contributed by atoms with Crippen LogP contribution in [-0.2, 0) is 0 Å². The SMILES string of the molecule is CC1(F)CCC(n2ncc3c(=O)[nH]c(C4CCC4c4cn5ccccc5n4)nc32)CC1.CC1(F)CCC(n2ncc3c(=O)[nH]c([C@@H]4CC[C@@H]4c4cn5ccccc5n4)nc32)CC1.CC1(F)CCC(n2ncc3c(=O)[nH]c([C@@H]4CC[C@H]4c4cn5ccccc5n4)nc32)CC1.CC1(F)CCC(n2ncc3c(=O)[nH]c([C@H]4CC[C@@H]4c4cn5ccccc5n4)nc32)CC1. The number of hydrogen-bond donors (Lipinski definition) is 4. The Morgan fingerprint density at radius 2 is 0.484 bits per heavy atom. The standard InChI is InChI=1S/4C23H25FN6O/c4*1-23(24)9-7-14(8-10-23)30-21-17(12-25-30)22(31)28-20(27-21)16-6-5-15(16)18-13-29-11-3-2-4-19(29)26-18/h4*2-4,11-16H,5-10H2,1H3,(H,27,28,31)/t14?,15-,16+,23?;2*14?,15-,16-,23?;/m010./s1. The van der Waals surface area contributed by atoms with E-state index in [1.54, 1.807) is 52.5 Å². The van der Waals surface area contributed by atoms with E-state index in [4.69, 9.17) is 39.9 Å². The molecule has 0 radical (unpaired) electrons. The Balaban J connectivity index is 0.000000101. The van der Waals surface area contributed by atoms with Crippen molar-refractivity contribution >= 4 is 66.7 Å². The van der Waals surface area contributed by atoms with E-state index in [0.717, 1.165) is 96.7 Å². The Kier molecular flexibility index (Phi) is 19.8. The zero-order valence-corrected chi connectivity index (χ0v) is 69.8. The first-order valence-corrected chi connectivity index (χ1v) is 44.3. The van der Waals surface area contributed by atoms with Crippen molar-refractivity contribution in [3.05, 3.63) is 235 Å². The number of rotatable bonds is 12. The van der Waals surface area contributed by atoms with E-state index in [-0.39, 0.29) is 93.7 Å². The van der Waals surface area contributed by atoms with Gasteiger partial charge < -0.3 is 37.5 Å². The fourth-order valence-electron chi connectivity index (χ4n) is 20.6. The predicted octanol–water partition coefficient (Wildman–Crippen LogP) is 17.1. The van der Waals surface area contributed by atoms with E-state index in [9.17, 15) is 36.7 Å². The second-order valence-electron chi connectivity index (χ2n) is 37.4. The Hall–Kier alpha value is -12.1. The number of alkyl halides is 4. The summed E-state index contributed by atoms with van der Waals surface area (Å²) < 4.78 is 72.6. The van der Waals surface area contributed by atoms with Crippen LogP contribution in [0.5, 0.6) is 0 Å². The van der Waals surface area contributed by atoms with Gasteiger partial charge in [-0.15, -0.1) is 0 Å². The molecule has 0 amide bonds. The Morgan fingerprint density at radius 3 is 0.669 bits per heavy atom. The van der Waals surface area contributed by atoms with Gasteiger partial charge in [0.2, 0.25) is 0 Å². The number of aromatic nitrogens is 24. The molecule has 0 bridgehead atoms. The fourth-order valence-corrected chi connectivity index (χ4v) is 20.6. The monoisotopic (exact) mass is 1680 g/mol. The van der Waals surface area contributed by atoms with Gasteiger partial charge in [-0.1, -0.05) is 24.3 Å². The second-order valence-corrected chi connectivity index (χ2v) is 37.4. The van der Waals surface area contributed by atoms with E-state index in [2.05, 4.69) is 65.1 Å². The van der Waals surface area contributed by atoms with Crippen LogP contribution >= 0.6 is 0 Å². The summed E-state index contributed by atoms with van der Waals surface area (Å²) in [6.07, 6.45) is 40.3. The molecular weight excluding hydrogens is 1580 g/mol. The lowest BCUT2D eigenvalue weighted by atomic mass is 9.71. The molecule has 8 atom stereocenters. The van der Waals surface area contributed by atoms with Gasteiger partial charge in [0.1, 0.15) is 90.1 Å². The molecule has 8 fully saturated rings. The van der Waals surface area contributed by atoms with Crippen LogP contribution in [0.25, 0.3) is 66.7 Å². The van der Waals surface area contributed by atoms with Crippen LogP contribution in [0.3, 0.4) is 0 Å². The van der Waals surface area contributed by atoms with Crippen molar-refractivity contribution in [3.63, 3.8) is 0 Å². The van der Waals surface area contributed by atoms with Crippen molar-refractivity contribution in [1.82, 2.24) is 117 Å². The summed E-state index contributed by atoms with van der Waals surface area (Å²) >= 11 is 0. The molecule has 0 aromatic carbocycles. The summed E-state index contributed by atoms with van der Waals surface area (Å²) in [5, 5.41) is 19.9. The van der Waals surface area contributed by atoms with Crippen LogP contribution in [-0.4, -0.2) is 139 Å². The molecule has 124 heavy (non-hydrogen) atoms. The molecule has 0 aliphatic heterocycles. The first-order chi connectivity index (χ1) is 59.9. The lowest BCUT2D eigenvalue weighted by molar-refractivity contribution is 0.103. The van der Waals surface area contributed by atoms with Gasteiger partial charge in [0.15, 0.2) is 22.6 Å². The molecule has 0 spiro atoms. The average molecular weight is 1680 g/mol. The molecule has 4 N–H and O–H groups in total. The number of H-pyrrole nitrogens is 4. The zero-order chi connectivity index (χ0) is 84.7. The largest absolute Gasteiger partial charge is 0.310 e. The average Bonchev–Trinajstić information content (AvgIpc) is 1.66. The van der Waals surface area contributed by atoms with Crippen molar-refractivity contribution in [3.8, 4) is 0 Å². The summed E-state index contributed by atoms with van der Waals surface area (Å²) in [4.78, 5) is 102. The third-order valence-electron chi connectivity index (χ3n) is 28.9. The van der Waals surface area contributed by atoms with Crippen molar-refractivity contribution in [2.24, 2.45) is 0 Å².